The van der Waals surface area contributed by atoms with Crippen molar-refractivity contribution in [2.75, 3.05) is 20.7 Å². The number of nitrogens with zero attached hydrogens (tertiary/aromatic N) is 2. The Hall–Kier alpha value is -4.71. The van der Waals surface area contributed by atoms with Crippen LogP contribution in [0.2, 0.25) is 0 Å². The monoisotopic (exact) mass is 818 g/mol. The zero-order valence-electron chi connectivity index (χ0n) is 34.2. The topological polar surface area (TPSA) is 202 Å². The van der Waals surface area contributed by atoms with Gasteiger partial charge in [-0.2, -0.15) is 5.06 Å². The third kappa shape index (κ3) is 8.39. The summed E-state index contributed by atoms with van der Waals surface area (Å²) >= 11 is 0. The van der Waals surface area contributed by atoms with Crippen LogP contribution in [-0.2, 0) is 67.1 Å². The lowest BCUT2D eigenvalue weighted by atomic mass is 9.62. The van der Waals surface area contributed by atoms with Gasteiger partial charge in [0.1, 0.15) is 41.5 Å². The first-order valence-corrected chi connectivity index (χ1v) is 20.1. The summed E-state index contributed by atoms with van der Waals surface area (Å²) in [5.41, 5.74) is 1.07. The molecule has 2 aromatic carbocycles. The zero-order valence-corrected chi connectivity index (χ0v) is 34.2. The summed E-state index contributed by atoms with van der Waals surface area (Å²) in [5, 5.41) is 27.8. The second-order valence-corrected chi connectivity index (χ2v) is 17.4. The molecular weight excluding hydrogens is 764 g/mol. The maximum atomic E-state index is 15.1. The molecule has 0 radical (unpaired) electrons. The second-order valence-electron chi connectivity index (χ2n) is 17.4. The SMILES string of the molecule is CC(O)C(NC(=O)C12CC3OC(=O)C1N(Cc1ccccc1C=CC(=O)N(C)C)OC2C1OC2(Cc4ccccc4C2)OC31)C(=O)NC(CO)CCC(=O)OC(C)(C)C. The number of fused-ring (bicyclic) bond motifs is 5. The van der Waals surface area contributed by atoms with Gasteiger partial charge in [0, 0.05) is 45.9 Å². The minimum absolute atomic E-state index is 0.00238. The summed E-state index contributed by atoms with van der Waals surface area (Å²) in [6.45, 7) is 6.00. The lowest BCUT2D eigenvalue weighted by Crippen LogP contribution is -2.71. The smallest absolute Gasteiger partial charge is 0.327 e. The van der Waals surface area contributed by atoms with E-state index in [2.05, 4.69) is 10.6 Å². The number of hydroxylamine groups is 2. The number of carbonyl (C=O) groups is 5. The predicted molar refractivity (Wildman–Crippen MR) is 209 cm³/mol. The van der Waals surface area contributed by atoms with Gasteiger partial charge in [-0.05, 0) is 62.4 Å². The number of benzene rings is 2. The normalized spacial score (nSPS) is 28.0. The Morgan fingerprint density at radius 3 is 2.32 bits per heavy atom. The molecule has 7 rings (SSSR count). The van der Waals surface area contributed by atoms with Crippen molar-refractivity contribution in [3.05, 3.63) is 76.9 Å². The molecule has 5 aliphatic rings. The third-order valence-corrected chi connectivity index (χ3v) is 11.7. The van der Waals surface area contributed by atoms with Crippen LogP contribution in [0.3, 0.4) is 0 Å². The minimum Gasteiger partial charge on any atom is -0.460 e. The molecule has 2 bridgehead atoms. The summed E-state index contributed by atoms with van der Waals surface area (Å²) in [6, 6.07) is 11.4. The molecule has 9 unspecified atom stereocenters. The molecule has 4 N–H and O–H groups in total. The molecular formula is C43H54N4O12. The van der Waals surface area contributed by atoms with Crippen LogP contribution in [0.1, 0.15) is 69.2 Å². The first-order chi connectivity index (χ1) is 27.9. The quantitative estimate of drug-likeness (QED) is 0.167. The van der Waals surface area contributed by atoms with Gasteiger partial charge in [-0.3, -0.25) is 28.8 Å². The van der Waals surface area contributed by atoms with E-state index in [1.54, 1.807) is 40.9 Å². The molecule has 3 heterocycles. The van der Waals surface area contributed by atoms with Crippen molar-refractivity contribution in [3.8, 4) is 0 Å². The maximum absolute atomic E-state index is 15.1. The van der Waals surface area contributed by atoms with Crippen LogP contribution in [0.15, 0.2) is 54.6 Å². The number of esters is 2. The molecule has 16 nitrogen and oxygen atoms in total. The van der Waals surface area contributed by atoms with Crippen LogP contribution in [-0.4, -0.2) is 131 Å². The van der Waals surface area contributed by atoms with Crippen LogP contribution in [0.4, 0.5) is 0 Å². The lowest BCUT2D eigenvalue weighted by molar-refractivity contribution is -0.217. The average molecular weight is 819 g/mol. The Morgan fingerprint density at radius 1 is 1.02 bits per heavy atom. The molecule has 0 aromatic heterocycles. The van der Waals surface area contributed by atoms with E-state index in [4.69, 9.17) is 23.8 Å². The predicted octanol–water partition coefficient (Wildman–Crippen LogP) is 1.33. The number of ether oxygens (including phenoxy) is 4. The molecule has 318 valence electrons. The van der Waals surface area contributed by atoms with Gasteiger partial charge < -0.3 is 44.7 Å². The van der Waals surface area contributed by atoms with Crippen LogP contribution in [0.25, 0.3) is 6.08 Å². The van der Waals surface area contributed by atoms with Crippen molar-refractivity contribution in [2.24, 2.45) is 5.41 Å². The zero-order chi connectivity index (χ0) is 42.4. The van der Waals surface area contributed by atoms with Gasteiger partial charge in [0.05, 0.1) is 25.3 Å². The molecule has 2 aliphatic carbocycles. The summed E-state index contributed by atoms with van der Waals surface area (Å²) < 4.78 is 25.0. The summed E-state index contributed by atoms with van der Waals surface area (Å²) in [4.78, 5) is 76.1. The van der Waals surface area contributed by atoms with Gasteiger partial charge in [0.25, 0.3) is 0 Å². The maximum Gasteiger partial charge on any atom is 0.327 e. The third-order valence-electron chi connectivity index (χ3n) is 11.7. The number of carbonyl (C=O) groups excluding carboxylic acids is 5. The lowest BCUT2D eigenvalue weighted by Gasteiger charge is -2.49. The fourth-order valence-electron chi connectivity index (χ4n) is 8.94. The van der Waals surface area contributed by atoms with E-state index in [1.807, 2.05) is 48.5 Å². The fourth-order valence-corrected chi connectivity index (χ4v) is 8.94. The van der Waals surface area contributed by atoms with E-state index in [0.29, 0.717) is 24.0 Å². The molecule has 59 heavy (non-hydrogen) atoms. The molecule has 2 aromatic rings. The highest BCUT2D eigenvalue weighted by atomic mass is 16.8. The van der Waals surface area contributed by atoms with Crippen molar-refractivity contribution in [1.29, 1.82) is 0 Å². The first kappa shape index (κ1) is 42.4. The molecule has 3 saturated heterocycles. The van der Waals surface area contributed by atoms with Gasteiger partial charge in [0.2, 0.25) is 17.7 Å². The van der Waals surface area contributed by atoms with E-state index in [-0.39, 0.29) is 31.7 Å². The molecule has 3 aliphatic heterocycles. The molecule has 4 fully saturated rings. The largest absolute Gasteiger partial charge is 0.460 e. The summed E-state index contributed by atoms with van der Waals surface area (Å²) in [6.07, 6.45) is -1.21. The van der Waals surface area contributed by atoms with Gasteiger partial charge >= 0.3 is 11.9 Å². The molecule has 16 heteroatoms. The van der Waals surface area contributed by atoms with Crippen molar-refractivity contribution in [1.82, 2.24) is 20.6 Å². The Morgan fingerprint density at radius 2 is 1.68 bits per heavy atom. The van der Waals surface area contributed by atoms with Gasteiger partial charge in [-0.15, -0.1) is 0 Å². The Balaban J connectivity index is 1.19. The first-order valence-electron chi connectivity index (χ1n) is 20.1. The molecule has 9 atom stereocenters. The second kappa shape index (κ2) is 16.4. The minimum atomic E-state index is -1.69. The number of hydrogen-bond acceptors (Lipinski definition) is 13. The number of aliphatic hydroxyl groups is 2. The highest BCUT2D eigenvalue weighted by molar-refractivity contribution is 5.96. The van der Waals surface area contributed by atoms with E-state index >= 15 is 4.79 Å². The Bertz CT molecular complexity index is 1970. The van der Waals surface area contributed by atoms with E-state index < -0.39 is 95.8 Å². The Kier molecular flexibility index (Phi) is 11.8. The highest BCUT2D eigenvalue weighted by Crippen LogP contribution is 2.58. The number of amides is 3. The van der Waals surface area contributed by atoms with E-state index in [1.165, 1.54) is 23.0 Å². The molecule has 1 saturated carbocycles. The van der Waals surface area contributed by atoms with E-state index in [9.17, 15) is 29.4 Å². The van der Waals surface area contributed by atoms with Crippen LogP contribution >= 0.6 is 0 Å². The number of likely N-dealkylation sites (N-methyl/N-ethyl adjacent to an activating group) is 1. The van der Waals surface area contributed by atoms with Crippen LogP contribution < -0.4 is 10.6 Å². The summed E-state index contributed by atoms with van der Waals surface area (Å²) in [5.74, 6) is -4.11. The average Bonchev–Trinajstić information content (AvgIpc) is 3.85. The molecule has 1 spiro atoms. The van der Waals surface area contributed by atoms with Gasteiger partial charge in [-0.1, -0.05) is 48.5 Å². The fraction of sp³-hybridized carbons (Fsp3) is 0.558. The number of hydrogen-bond donors (Lipinski definition) is 4. The van der Waals surface area contributed by atoms with Crippen molar-refractivity contribution < 1.29 is 58.0 Å². The highest BCUT2D eigenvalue weighted by Gasteiger charge is 2.76. The number of rotatable bonds is 13. The van der Waals surface area contributed by atoms with Gasteiger partial charge in [-0.25, -0.2) is 0 Å². The van der Waals surface area contributed by atoms with Crippen LogP contribution in [0.5, 0.6) is 0 Å². The Labute approximate surface area is 343 Å². The number of aliphatic hydroxyl groups excluding tert-OH is 2. The van der Waals surface area contributed by atoms with Gasteiger partial charge in [0.15, 0.2) is 11.8 Å². The van der Waals surface area contributed by atoms with E-state index in [0.717, 1.165) is 11.1 Å². The standard InChI is InChI=1S/C43H54N4O12/c1-24(49)33(38(52)44-29(23-48)16-18-32(51)56-41(2,3)4)45-40(54)43-21-30-34-35(58-42(57-34)19-26-12-8-9-13-27(26)20-42)37(43)59-47(36(43)39(53)55-30)22-28-14-10-7-11-25(28)15-17-31(50)46(5)6/h7-15,17,24,29-30,33-37,48-49H,16,18-23H2,1-6H3,(H,44,52)(H,45,54). The molecule has 3 amide bonds. The van der Waals surface area contributed by atoms with Crippen molar-refractivity contribution >= 4 is 35.7 Å². The summed E-state index contributed by atoms with van der Waals surface area (Å²) in [7, 11) is 3.29. The van der Waals surface area contributed by atoms with Crippen molar-refractivity contribution in [2.45, 2.75) is 126 Å². The number of nitrogens with one attached hydrogen (secondary N) is 2. The van der Waals surface area contributed by atoms with Crippen LogP contribution in [0, 0.1) is 5.41 Å². The van der Waals surface area contributed by atoms with Crippen molar-refractivity contribution in [3.63, 3.8) is 0 Å².